The van der Waals surface area contributed by atoms with E-state index in [1.165, 1.54) is 77.0 Å². The Morgan fingerprint density at radius 1 is 0.821 bits per heavy atom. The van der Waals surface area contributed by atoms with Gasteiger partial charge in [0.2, 0.25) is 0 Å². The van der Waals surface area contributed by atoms with E-state index in [9.17, 15) is 4.79 Å². The van der Waals surface area contributed by atoms with Crippen LogP contribution in [0.4, 0.5) is 0 Å². The fraction of sp³-hybridized carbons (Fsp3) is 0.680. The molecule has 0 spiro atoms. The fourth-order valence-corrected chi connectivity index (χ4v) is 3.23. The Balaban J connectivity index is 1.83. The largest absolute Gasteiger partial charge is 0.462 e. The minimum atomic E-state index is -0.214. The number of allylic oxidation sites excluding steroid dienone is 2. The lowest BCUT2D eigenvalue weighted by Crippen LogP contribution is -2.26. The number of pyridine rings is 1. The van der Waals surface area contributed by atoms with Crippen molar-refractivity contribution in [1.82, 2.24) is 0 Å². The molecule has 0 amide bonds. The second-order valence-corrected chi connectivity index (χ2v) is 7.83. The summed E-state index contributed by atoms with van der Waals surface area (Å²) in [5, 5.41) is 0. The molecule has 0 fully saturated rings. The Morgan fingerprint density at radius 2 is 1.32 bits per heavy atom. The van der Waals surface area contributed by atoms with E-state index >= 15 is 0 Å². The monoisotopic (exact) mass is 388 g/mol. The highest BCUT2D eigenvalue weighted by molar-refractivity contribution is 5.88. The van der Waals surface area contributed by atoms with Crippen LogP contribution in [0.2, 0.25) is 0 Å². The van der Waals surface area contributed by atoms with E-state index in [4.69, 9.17) is 4.74 Å². The fourth-order valence-electron chi connectivity index (χ4n) is 3.23. The van der Waals surface area contributed by atoms with Crippen LogP contribution in [0.1, 0.15) is 107 Å². The zero-order chi connectivity index (χ0) is 20.3. The molecule has 0 atom stereocenters. The van der Waals surface area contributed by atoms with Gasteiger partial charge in [-0.15, -0.1) is 0 Å². The van der Waals surface area contributed by atoms with Crippen LogP contribution in [-0.4, -0.2) is 12.6 Å². The van der Waals surface area contributed by atoms with Crippen LogP contribution in [0.3, 0.4) is 0 Å². The molecular formula is C25H42NO2+. The number of unbranched alkanes of at least 4 members (excludes halogenated alkanes) is 12. The maximum absolute atomic E-state index is 11.9. The number of carbonyl (C=O) groups is 1. The SMILES string of the molecule is CCCCCCCCC=CCCCCCCCCOC(=O)c1cc[n+](C)cc1. The van der Waals surface area contributed by atoms with Crippen LogP contribution in [0.5, 0.6) is 0 Å². The maximum atomic E-state index is 11.9. The summed E-state index contributed by atoms with van der Waals surface area (Å²) in [4.78, 5) is 11.9. The molecule has 1 aromatic heterocycles. The third-order valence-corrected chi connectivity index (χ3v) is 5.10. The molecule has 158 valence electrons. The van der Waals surface area contributed by atoms with Crippen LogP contribution in [0.25, 0.3) is 0 Å². The summed E-state index contributed by atoms with van der Waals surface area (Å²) in [6.07, 6.45) is 26.5. The molecule has 1 rings (SSSR count). The number of esters is 1. The Kier molecular flexibility index (Phi) is 15.2. The number of aromatic nitrogens is 1. The summed E-state index contributed by atoms with van der Waals surface area (Å²) in [5.41, 5.74) is 0.627. The molecule has 3 heteroatoms. The standard InChI is InChI=1S/C25H42NO2/c1-3-4-5-6-7-8-9-10-11-12-13-14-15-16-17-18-23-28-25(27)24-19-21-26(2)22-20-24/h10-11,19-22H,3-9,12-18,23H2,1-2H3/q+1. The van der Waals surface area contributed by atoms with Gasteiger partial charge in [-0.05, 0) is 32.1 Å². The zero-order valence-corrected chi connectivity index (χ0v) is 18.3. The lowest BCUT2D eigenvalue weighted by molar-refractivity contribution is -0.671. The van der Waals surface area contributed by atoms with Crippen molar-refractivity contribution in [1.29, 1.82) is 0 Å². The lowest BCUT2D eigenvalue weighted by atomic mass is 10.1. The van der Waals surface area contributed by atoms with Gasteiger partial charge in [-0.2, -0.15) is 0 Å². The number of hydrogen-bond acceptors (Lipinski definition) is 2. The first-order valence-electron chi connectivity index (χ1n) is 11.5. The predicted octanol–water partition coefficient (Wildman–Crippen LogP) is 6.71. The molecule has 0 aliphatic rings. The molecule has 0 aliphatic carbocycles. The summed E-state index contributed by atoms with van der Waals surface area (Å²) in [6.45, 7) is 2.80. The van der Waals surface area contributed by atoms with Gasteiger partial charge in [0.15, 0.2) is 12.4 Å². The molecule has 0 N–H and O–H groups in total. The maximum Gasteiger partial charge on any atom is 0.338 e. The smallest absolute Gasteiger partial charge is 0.338 e. The van der Waals surface area contributed by atoms with Crippen molar-refractivity contribution in [3.05, 3.63) is 42.2 Å². The molecule has 3 nitrogen and oxygen atoms in total. The van der Waals surface area contributed by atoms with Gasteiger partial charge in [0.25, 0.3) is 0 Å². The topological polar surface area (TPSA) is 30.2 Å². The van der Waals surface area contributed by atoms with E-state index in [0.29, 0.717) is 12.2 Å². The molecule has 1 heterocycles. The van der Waals surface area contributed by atoms with Gasteiger partial charge in [0.1, 0.15) is 7.05 Å². The lowest BCUT2D eigenvalue weighted by Gasteiger charge is -2.04. The molecule has 0 bridgehead atoms. The van der Waals surface area contributed by atoms with E-state index in [-0.39, 0.29) is 5.97 Å². The third-order valence-electron chi connectivity index (χ3n) is 5.10. The highest BCUT2D eigenvalue weighted by Gasteiger charge is 2.07. The van der Waals surface area contributed by atoms with Gasteiger partial charge in [0, 0.05) is 12.1 Å². The van der Waals surface area contributed by atoms with Crippen LogP contribution in [0.15, 0.2) is 36.7 Å². The summed E-state index contributed by atoms with van der Waals surface area (Å²) >= 11 is 0. The molecule has 0 aliphatic heterocycles. The van der Waals surface area contributed by atoms with Crippen molar-refractivity contribution in [2.45, 2.75) is 96.8 Å². The number of nitrogens with zero attached hydrogens (tertiary/aromatic N) is 1. The van der Waals surface area contributed by atoms with Gasteiger partial charge in [-0.1, -0.05) is 76.9 Å². The van der Waals surface area contributed by atoms with Crippen LogP contribution >= 0.6 is 0 Å². The van der Waals surface area contributed by atoms with E-state index in [0.717, 1.165) is 12.8 Å². The van der Waals surface area contributed by atoms with Crippen LogP contribution < -0.4 is 4.57 Å². The molecular weight excluding hydrogens is 346 g/mol. The number of carbonyl (C=O) groups excluding carboxylic acids is 1. The van der Waals surface area contributed by atoms with Crippen LogP contribution in [0, 0.1) is 0 Å². The average molecular weight is 389 g/mol. The first-order valence-corrected chi connectivity index (χ1v) is 11.5. The average Bonchev–Trinajstić information content (AvgIpc) is 2.70. The molecule has 0 radical (unpaired) electrons. The highest BCUT2D eigenvalue weighted by atomic mass is 16.5. The zero-order valence-electron chi connectivity index (χ0n) is 18.3. The van der Waals surface area contributed by atoms with Gasteiger partial charge in [-0.25, -0.2) is 9.36 Å². The normalized spacial score (nSPS) is 11.2. The quantitative estimate of drug-likeness (QED) is 0.128. The van der Waals surface area contributed by atoms with Crippen molar-refractivity contribution in [2.24, 2.45) is 7.05 Å². The second kappa shape index (κ2) is 17.5. The summed E-state index contributed by atoms with van der Waals surface area (Å²) in [5.74, 6) is -0.214. The Hall–Kier alpha value is -1.64. The number of hydrogen-bond donors (Lipinski definition) is 0. The Bertz CT molecular complexity index is 522. The summed E-state index contributed by atoms with van der Waals surface area (Å²) in [7, 11) is 1.93. The Morgan fingerprint density at radius 3 is 1.89 bits per heavy atom. The first kappa shape index (κ1) is 24.4. The van der Waals surface area contributed by atoms with Gasteiger partial charge in [0.05, 0.1) is 12.2 Å². The van der Waals surface area contributed by atoms with Crippen molar-refractivity contribution in [3.8, 4) is 0 Å². The molecule has 0 aromatic carbocycles. The van der Waals surface area contributed by atoms with E-state index in [2.05, 4.69) is 19.1 Å². The number of aryl methyl sites for hydroxylation is 1. The third kappa shape index (κ3) is 13.5. The predicted molar refractivity (Wildman–Crippen MR) is 117 cm³/mol. The molecule has 28 heavy (non-hydrogen) atoms. The van der Waals surface area contributed by atoms with Crippen molar-refractivity contribution in [2.75, 3.05) is 6.61 Å². The number of rotatable bonds is 17. The molecule has 0 saturated carbocycles. The molecule has 0 saturated heterocycles. The summed E-state index contributed by atoms with van der Waals surface area (Å²) in [6, 6.07) is 3.59. The van der Waals surface area contributed by atoms with Crippen molar-refractivity contribution >= 4 is 5.97 Å². The highest BCUT2D eigenvalue weighted by Crippen LogP contribution is 2.10. The van der Waals surface area contributed by atoms with Gasteiger partial charge >= 0.3 is 5.97 Å². The Labute approximate surface area is 173 Å². The van der Waals surface area contributed by atoms with E-state index < -0.39 is 0 Å². The van der Waals surface area contributed by atoms with Gasteiger partial charge < -0.3 is 4.74 Å². The van der Waals surface area contributed by atoms with Crippen LogP contribution in [-0.2, 0) is 11.8 Å². The molecule has 1 aromatic rings. The number of ether oxygens (including phenoxy) is 1. The molecule has 0 unspecified atom stereocenters. The first-order chi connectivity index (χ1) is 13.7. The van der Waals surface area contributed by atoms with E-state index in [1.54, 1.807) is 12.1 Å². The van der Waals surface area contributed by atoms with Gasteiger partial charge in [-0.3, -0.25) is 0 Å². The summed E-state index contributed by atoms with van der Waals surface area (Å²) < 4.78 is 7.23. The minimum Gasteiger partial charge on any atom is -0.462 e. The minimum absolute atomic E-state index is 0.214. The van der Waals surface area contributed by atoms with E-state index in [1.807, 2.05) is 24.0 Å². The van der Waals surface area contributed by atoms with Crippen molar-refractivity contribution < 1.29 is 14.1 Å². The van der Waals surface area contributed by atoms with Crippen molar-refractivity contribution in [3.63, 3.8) is 0 Å². The second-order valence-electron chi connectivity index (χ2n) is 7.83.